The molecule has 1 aliphatic carbocycles. The SMILES string of the molecule is CC(C(=O)NC1CC1)N1Cc2ccccc2C1=N. The van der Waals surface area contributed by atoms with Gasteiger partial charge in [-0.2, -0.15) is 0 Å². The van der Waals surface area contributed by atoms with Gasteiger partial charge >= 0.3 is 0 Å². The third-order valence-electron chi connectivity index (χ3n) is 3.67. The number of carbonyl (C=O) groups excluding carboxylic acids is 1. The second kappa shape index (κ2) is 4.12. The van der Waals surface area contributed by atoms with E-state index in [1.807, 2.05) is 36.1 Å². The molecular weight excluding hydrogens is 226 g/mol. The van der Waals surface area contributed by atoms with Crippen LogP contribution in [-0.4, -0.2) is 28.7 Å². The van der Waals surface area contributed by atoms with Gasteiger partial charge in [0.25, 0.3) is 0 Å². The van der Waals surface area contributed by atoms with Crippen molar-refractivity contribution in [2.24, 2.45) is 0 Å². The highest BCUT2D eigenvalue weighted by molar-refractivity contribution is 6.02. The summed E-state index contributed by atoms with van der Waals surface area (Å²) >= 11 is 0. The molecule has 2 aliphatic rings. The first-order chi connectivity index (χ1) is 8.66. The highest BCUT2D eigenvalue weighted by Crippen LogP contribution is 2.25. The average molecular weight is 243 g/mol. The Morgan fingerprint density at radius 1 is 1.44 bits per heavy atom. The third-order valence-corrected chi connectivity index (χ3v) is 3.67. The number of carbonyl (C=O) groups is 1. The van der Waals surface area contributed by atoms with E-state index in [1.165, 1.54) is 0 Å². The molecule has 4 nitrogen and oxygen atoms in total. The number of nitrogens with zero attached hydrogens (tertiary/aromatic N) is 1. The van der Waals surface area contributed by atoms with E-state index in [1.54, 1.807) is 0 Å². The van der Waals surface area contributed by atoms with Crippen LogP contribution in [0.2, 0.25) is 0 Å². The molecule has 1 aliphatic heterocycles. The summed E-state index contributed by atoms with van der Waals surface area (Å²) in [6.45, 7) is 2.53. The number of hydrogen-bond donors (Lipinski definition) is 2. The molecule has 1 amide bonds. The Morgan fingerprint density at radius 2 is 2.17 bits per heavy atom. The van der Waals surface area contributed by atoms with E-state index in [9.17, 15) is 4.79 Å². The van der Waals surface area contributed by atoms with Crippen molar-refractivity contribution >= 4 is 11.7 Å². The van der Waals surface area contributed by atoms with Crippen LogP contribution in [0.4, 0.5) is 0 Å². The Kier molecular flexibility index (Phi) is 2.58. The number of benzene rings is 1. The lowest BCUT2D eigenvalue weighted by molar-refractivity contribution is -0.124. The predicted molar refractivity (Wildman–Crippen MR) is 69.4 cm³/mol. The van der Waals surface area contributed by atoms with Gasteiger partial charge in [0.05, 0.1) is 0 Å². The summed E-state index contributed by atoms with van der Waals surface area (Å²) in [5.74, 6) is 0.499. The lowest BCUT2D eigenvalue weighted by Gasteiger charge is -2.25. The molecule has 1 aromatic carbocycles. The van der Waals surface area contributed by atoms with Crippen LogP contribution in [0.25, 0.3) is 0 Å². The summed E-state index contributed by atoms with van der Waals surface area (Å²) in [5, 5.41) is 11.2. The molecule has 1 aromatic rings. The Labute approximate surface area is 106 Å². The predicted octanol–water partition coefficient (Wildman–Crippen LogP) is 1.49. The molecule has 0 saturated heterocycles. The zero-order valence-corrected chi connectivity index (χ0v) is 10.4. The maximum atomic E-state index is 12.0. The van der Waals surface area contributed by atoms with E-state index >= 15 is 0 Å². The molecule has 0 radical (unpaired) electrons. The molecule has 0 spiro atoms. The van der Waals surface area contributed by atoms with Crippen LogP contribution in [0.5, 0.6) is 0 Å². The monoisotopic (exact) mass is 243 g/mol. The molecule has 94 valence electrons. The minimum Gasteiger partial charge on any atom is -0.352 e. The third kappa shape index (κ3) is 1.88. The van der Waals surface area contributed by atoms with E-state index in [0.29, 0.717) is 18.4 Å². The second-order valence-electron chi connectivity index (χ2n) is 5.09. The standard InChI is InChI=1S/C14H17N3O/c1-9(14(18)16-11-6-7-11)17-8-10-4-2-3-5-12(10)13(17)15/h2-5,9,11,15H,6-8H2,1H3,(H,16,18). The fraction of sp³-hybridized carbons (Fsp3) is 0.429. The Balaban J connectivity index is 1.74. The fourth-order valence-electron chi connectivity index (χ4n) is 2.33. The molecule has 0 aromatic heterocycles. The molecule has 1 fully saturated rings. The lowest BCUT2D eigenvalue weighted by Crippen LogP contribution is -2.45. The molecular formula is C14H17N3O. The molecule has 3 rings (SSSR count). The maximum absolute atomic E-state index is 12.0. The Bertz CT molecular complexity index is 508. The van der Waals surface area contributed by atoms with Gasteiger partial charge in [-0.25, -0.2) is 0 Å². The highest BCUT2D eigenvalue weighted by atomic mass is 16.2. The number of nitrogens with one attached hydrogen (secondary N) is 2. The van der Waals surface area contributed by atoms with Crippen LogP contribution in [0, 0.1) is 5.41 Å². The van der Waals surface area contributed by atoms with Crippen LogP contribution >= 0.6 is 0 Å². The summed E-state index contributed by atoms with van der Waals surface area (Å²) in [6, 6.07) is 7.99. The van der Waals surface area contributed by atoms with Gasteiger partial charge in [0.1, 0.15) is 11.9 Å². The Morgan fingerprint density at radius 3 is 2.83 bits per heavy atom. The van der Waals surface area contributed by atoms with Crippen molar-refractivity contribution in [1.82, 2.24) is 10.2 Å². The van der Waals surface area contributed by atoms with Gasteiger partial charge in [0.15, 0.2) is 0 Å². The summed E-state index contributed by atoms with van der Waals surface area (Å²) in [4.78, 5) is 13.9. The van der Waals surface area contributed by atoms with Crippen molar-refractivity contribution in [3.8, 4) is 0 Å². The van der Waals surface area contributed by atoms with Gasteiger partial charge in [0.2, 0.25) is 5.91 Å². The number of amidine groups is 1. The minimum atomic E-state index is -0.273. The minimum absolute atomic E-state index is 0.0371. The van der Waals surface area contributed by atoms with E-state index in [-0.39, 0.29) is 11.9 Å². The molecule has 1 unspecified atom stereocenters. The van der Waals surface area contributed by atoms with E-state index in [0.717, 1.165) is 24.0 Å². The molecule has 2 N–H and O–H groups in total. The number of amides is 1. The van der Waals surface area contributed by atoms with Crippen molar-refractivity contribution in [2.45, 2.75) is 38.4 Å². The highest BCUT2D eigenvalue weighted by Gasteiger charge is 2.33. The lowest BCUT2D eigenvalue weighted by atomic mass is 10.1. The van der Waals surface area contributed by atoms with Crippen molar-refractivity contribution in [2.75, 3.05) is 0 Å². The summed E-state index contributed by atoms with van der Waals surface area (Å²) in [7, 11) is 0. The summed E-state index contributed by atoms with van der Waals surface area (Å²) in [6.07, 6.45) is 2.19. The molecule has 1 heterocycles. The Hall–Kier alpha value is -1.84. The first kappa shape index (κ1) is 11.3. The average Bonchev–Trinajstić information content (AvgIpc) is 3.12. The molecule has 18 heavy (non-hydrogen) atoms. The smallest absolute Gasteiger partial charge is 0.242 e. The molecule has 4 heteroatoms. The number of rotatable bonds is 3. The molecule has 1 saturated carbocycles. The van der Waals surface area contributed by atoms with Crippen LogP contribution < -0.4 is 5.32 Å². The van der Waals surface area contributed by atoms with Gasteiger partial charge in [-0.15, -0.1) is 0 Å². The second-order valence-corrected chi connectivity index (χ2v) is 5.09. The van der Waals surface area contributed by atoms with E-state index in [4.69, 9.17) is 5.41 Å². The van der Waals surface area contributed by atoms with Crippen LogP contribution in [-0.2, 0) is 11.3 Å². The first-order valence-corrected chi connectivity index (χ1v) is 6.40. The molecule has 0 bridgehead atoms. The van der Waals surface area contributed by atoms with Gasteiger partial charge in [-0.05, 0) is 25.3 Å². The van der Waals surface area contributed by atoms with Gasteiger partial charge in [0, 0.05) is 18.2 Å². The van der Waals surface area contributed by atoms with Crippen LogP contribution in [0.3, 0.4) is 0 Å². The van der Waals surface area contributed by atoms with E-state index in [2.05, 4.69) is 5.32 Å². The number of hydrogen-bond acceptors (Lipinski definition) is 2. The number of fused-ring (bicyclic) bond motifs is 1. The molecule has 1 atom stereocenters. The zero-order valence-electron chi connectivity index (χ0n) is 10.4. The normalized spacial score (nSPS) is 19.6. The fourth-order valence-corrected chi connectivity index (χ4v) is 2.33. The summed E-state index contributed by atoms with van der Waals surface area (Å²) in [5.41, 5.74) is 2.08. The largest absolute Gasteiger partial charge is 0.352 e. The van der Waals surface area contributed by atoms with Crippen LogP contribution in [0.1, 0.15) is 30.9 Å². The zero-order chi connectivity index (χ0) is 12.7. The quantitative estimate of drug-likeness (QED) is 0.845. The van der Waals surface area contributed by atoms with Crippen molar-refractivity contribution < 1.29 is 4.79 Å². The topological polar surface area (TPSA) is 56.2 Å². The van der Waals surface area contributed by atoms with Gasteiger partial charge in [-0.1, -0.05) is 24.3 Å². The van der Waals surface area contributed by atoms with Gasteiger partial charge < -0.3 is 10.2 Å². The van der Waals surface area contributed by atoms with Crippen molar-refractivity contribution in [3.63, 3.8) is 0 Å². The first-order valence-electron chi connectivity index (χ1n) is 6.40. The van der Waals surface area contributed by atoms with E-state index < -0.39 is 0 Å². The maximum Gasteiger partial charge on any atom is 0.242 e. The van der Waals surface area contributed by atoms with Gasteiger partial charge in [-0.3, -0.25) is 10.2 Å². The van der Waals surface area contributed by atoms with Crippen molar-refractivity contribution in [3.05, 3.63) is 35.4 Å². The van der Waals surface area contributed by atoms with Crippen molar-refractivity contribution in [1.29, 1.82) is 5.41 Å². The summed E-state index contributed by atoms with van der Waals surface area (Å²) < 4.78 is 0. The van der Waals surface area contributed by atoms with Crippen LogP contribution in [0.15, 0.2) is 24.3 Å².